The minimum Gasteiger partial charge on any atom is -0.462 e. The van der Waals surface area contributed by atoms with E-state index in [9.17, 15) is 0 Å². The summed E-state index contributed by atoms with van der Waals surface area (Å²) in [6.07, 6.45) is 3.86. The highest BCUT2D eigenvalue weighted by Gasteiger charge is 2.26. The summed E-state index contributed by atoms with van der Waals surface area (Å²) in [5, 5.41) is 9.10. The third kappa shape index (κ3) is 4.07. The molecular formula is C16H26N2O3. The predicted molar refractivity (Wildman–Crippen MR) is 79.9 cm³/mol. The smallest absolute Gasteiger partial charge is 0.129 e. The lowest BCUT2D eigenvalue weighted by molar-refractivity contribution is 0.0141. The van der Waals surface area contributed by atoms with Gasteiger partial charge in [0, 0.05) is 25.7 Å². The van der Waals surface area contributed by atoms with E-state index < -0.39 is 0 Å². The first-order chi connectivity index (χ1) is 10.3. The van der Waals surface area contributed by atoms with Crippen LogP contribution in [0, 0.1) is 0 Å². The first-order valence-corrected chi connectivity index (χ1v) is 8.08. The van der Waals surface area contributed by atoms with Gasteiger partial charge < -0.3 is 14.3 Å². The molecule has 0 aliphatic carbocycles. The Morgan fingerprint density at radius 2 is 1.90 bits per heavy atom. The summed E-state index contributed by atoms with van der Waals surface area (Å²) in [5.41, 5.74) is 0. The molecule has 3 rings (SSSR count). The van der Waals surface area contributed by atoms with Crippen LogP contribution in [0.1, 0.15) is 30.8 Å². The van der Waals surface area contributed by atoms with Crippen LogP contribution in [-0.4, -0.2) is 60.3 Å². The molecule has 1 N–H and O–H groups in total. The fraction of sp³-hybridized carbons (Fsp3) is 0.750. The number of aliphatic hydroxyl groups is 1. The van der Waals surface area contributed by atoms with Crippen LogP contribution < -0.4 is 0 Å². The SMILES string of the molecule is OCc1ccc(CN2CCCCC2CN2CCOCC2)o1. The second-order valence-electron chi connectivity index (χ2n) is 6.06. The maximum Gasteiger partial charge on any atom is 0.129 e. The second-order valence-corrected chi connectivity index (χ2v) is 6.06. The summed E-state index contributed by atoms with van der Waals surface area (Å²) < 4.78 is 11.1. The first kappa shape index (κ1) is 15.0. The Labute approximate surface area is 126 Å². The topological polar surface area (TPSA) is 49.1 Å². The molecule has 0 amide bonds. The molecular weight excluding hydrogens is 268 g/mol. The summed E-state index contributed by atoms with van der Waals surface area (Å²) in [4.78, 5) is 5.06. The van der Waals surface area contributed by atoms with Gasteiger partial charge in [-0.3, -0.25) is 9.80 Å². The third-order valence-electron chi connectivity index (χ3n) is 4.55. The highest BCUT2D eigenvalue weighted by molar-refractivity contribution is 5.06. The summed E-state index contributed by atoms with van der Waals surface area (Å²) in [6.45, 7) is 6.96. The summed E-state index contributed by atoms with van der Waals surface area (Å²) >= 11 is 0. The second kappa shape index (κ2) is 7.40. The Hall–Kier alpha value is -0.880. The van der Waals surface area contributed by atoms with Crippen molar-refractivity contribution in [3.63, 3.8) is 0 Å². The van der Waals surface area contributed by atoms with Crippen LogP contribution in [0.4, 0.5) is 0 Å². The Morgan fingerprint density at radius 3 is 2.67 bits per heavy atom. The average molecular weight is 294 g/mol. The van der Waals surface area contributed by atoms with Crippen molar-refractivity contribution in [2.75, 3.05) is 39.4 Å². The lowest BCUT2D eigenvalue weighted by Crippen LogP contribution is -2.49. The fourth-order valence-electron chi connectivity index (χ4n) is 3.35. The van der Waals surface area contributed by atoms with Crippen LogP contribution in [0.3, 0.4) is 0 Å². The number of rotatable bonds is 5. The van der Waals surface area contributed by atoms with Crippen molar-refractivity contribution in [1.29, 1.82) is 0 Å². The highest BCUT2D eigenvalue weighted by atomic mass is 16.5. The lowest BCUT2D eigenvalue weighted by atomic mass is 10.0. The van der Waals surface area contributed by atoms with Gasteiger partial charge >= 0.3 is 0 Å². The Kier molecular flexibility index (Phi) is 5.30. The fourth-order valence-corrected chi connectivity index (χ4v) is 3.35. The van der Waals surface area contributed by atoms with Crippen LogP contribution in [0.15, 0.2) is 16.5 Å². The van der Waals surface area contributed by atoms with E-state index in [4.69, 9.17) is 14.3 Å². The maximum absolute atomic E-state index is 9.10. The monoisotopic (exact) mass is 294 g/mol. The van der Waals surface area contributed by atoms with E-state index >= 15 is 0 Å². The minimum atomic E-state index is -0.0167. The van der Waals surface area contributed by atoms with Gasteiger partial charge in [0.15, 0.2) is 0 Å². The molecule has 1 aromatic rings. The molecule has 2 aliphatic rings. The number of hydrogen-bond donors (Lipinski definition) is 1. The van der Waals surface area contributed by atoms with E-state index in [1.165, 1.54) is 19.3 Å². The Balaban J connectivity index is 1.57. The third-order valence-corrected chi connectivity index (χ3v) is 4.55. The van der Waals surface area contributed by atoms with Gasteiger partial charge in [-0.1, -0.05) is 6.42 Å². The standard InChI is InChI=1S/C16H26N2O3/c19-13-16-5-4-15(21-16)12-18-6-2-1-3-14(18)11-17-7-9-20-10-8-17/h4-5,14,19H,1-3,6-13H2. The van der Waals surface area contributed by atoms with Crippen LogP contribution in [0.2, 0.25) is 0 Å². The number of aliphatic hydroxyl groups excluding tert-OH is 1. The molecule has 2 fully saturated rings. The Bertz CT molecular complexity index is 429. The van der Waals surface area contributed by atoms with Crippen molar-refractivity contribution in [2.45, 2.75) is 38.5 Å². The molecule has 0 spiro atoms. The normalized spacial score (nSPS) is 25.3. The van der Waals surface area contributed by atoms with Crippen molar-refractivity contribution >= 4 is 0 Å². The summed E-state index contributed by atoms with van der Waals surface area (Å²) in [6, 6.07) is 4.47. The molecule has 3 heterocycles. The van der Waals surface area contributed by atoms with Crippen molar-refractivity contribution in [3.05, 3.63) is 23.7 Å². The van der Waals surface area contributed by atoms with Crippen molar-refractivity contribution < 1.29 is 14.3 Å². The number of piperidine rings is 1. The summed E-state index contributed by atoms with van der Waals surface area (Å²) in [7, 11) is 0. The van der Waals surface area contributed by atoms with Crippen LogP contribution >= 0.6 is 0 Å². The molecule has 2 aliphatic heterocycles. The summed E-state index contributed by atoms with van der Waals surface area (Å²) in [5.74, 6) is 1.62. The van der Waals surface area contributed by atoms with Gasteiger partial charge in [-0.15, -0.1) is 0 Å². The van der Waals surface area contributed by atoms with E-state index in [2.05, 4.69) is 9.80 Å². The van der Waals surface area contributed by atoms with Crippen molar-refractivity contribution in [3.8, 4) is 0 Å². The zero-order chi connectivity index (χ0) is 14.5. The van der Waals surface area contributed by atoms with E-state index in [0.717, 1.165) is 51.7 Å². The van der Waals surface area contributed by atoms with Gasteiger partial charge in [-0.25, -0.2) is 0 Å². The average Bonchev–Trinajstić information content (AvgIpc) is 2.98. The molecule has 1 aromatic heterocycles. The number of morpholine rings is 1. The van der Waals surface area contributed by atoms with Crippen LogP contribution in [0.5, 0.6) is 0 Å². The lowest BCUT2D eigenvalue weighted by Gasteiger charge is -2.39. The molecule has 1 unspecified atom stereocenters. The predicted octanol–water partition coefficient (Wildman–Crippen LogP) is 1.46. The molecule has 21 heavy (non-hydrogen) atoms. The van der Waals surface area contributed by atoms with Gasteiger partial charge in [-0.2, -0.15) is 0 Å². The molecule has 2 saturated heterocycles. The number of hydrogen-bond acceptors (Lipinski definition) is 5. The number of nitrogens with zero attached hydrogens (tertiary/aromatic N) is 2. The van der Waals surface area contributed by atoms with Gasteiger partial charge in [0.25, 0.3) is 0 Å². The van der Waals surface area contributed by atoms with Crippen molar-refractivity contribution in [2.24, 2.45) is 0 Å². The quantitative estimate of drug-likeness (QED) is 0.891. The molecule has 5 heteroatoms. The van der Waals surface area contributed by atoms with Gasteiger partial charge in [0.05, 0.1) is 19.8 Å². The zero-order valence-corrected chi connectivity index (χ0v) is 12.7. The zero-order valence-electron chi connectivity index (χ0n) is 12.7. The molecule has 1 atom stereocenters. The maximum atomic E-state index is 9.10. The van der Waals surface area contributed by atoms with Crippen LogP contribution in [0.25, 0.3) is 0 Å². The Morgan fingerprint density at radius 1 is 1.10 bits per heavy atom. The molecule has 118 valence electrons. The molecule has 0 saturated carbocycles. The minimum absolute atomic E-state index is 0.0167. The highest BCUT2D eigenvalue weighted by Crippen LogP contribution is 2.22. The van der Waals surface area contributed by atoms with Crippen LogP contribution in [-0.2, 0) is 17.9 Å². The number of ether oxygens (including phenoxy) is 1. The van der Waals surface area contributed by atoms with Crippen molar-refractivity contribution in [1.82, 2.24) is 9.80 Å². The largest absolute Gasteiger partial charge is 0.462 e. The molecule has 0 aromatic carbocycles. The van der Waals surface area contributed by atoms with E-state index in [-0.39, 0.29) is 6.61 Å². The van der Waals surface area contributed by atoms with E-state index in [1.54, 1.807) is 0 Å². The first-order valence-electron chi connectivity index (χ1n) is 8.08. The van der Waals surface area contributed by atoms with E-state index in [1.807, 2.05) is 12.1 Å². The molecule has 0 radical (unpaired) electrons. The van der Waals surface area contributed by atoms with E-state index in [0.29, 0.717) is 11.8 Å². The van der Waals surface area contributed by atoms with Gasteiger partial charge in [0.2, 0.25) is 0 Å². The molecule has 0 bridgehead atoms. The number of likely N-dealkylation sites (tertiary alicyclic amines) is 1. The van der Waals surface area contributed by atoms with Gasteiger partial charge in [0.1, 0.15) is 18.1 Å². The van der Waals surface area contributed by atoms with Gasteiger partial charge in [-0.05, 0) is 31.5 Å². The molecule has 5 nitrogen and oxygen atoms in total. The number of furan rings is 1.